The molecule has 0 amide bonds. The van der Waals surface area contributed by atoms with Crippen LogP contribution in [0.4, 0.5) is 11.4 Å². The number of hydrogen-bond donors (Lipinski definition) is 3. The Labute approximate surface area is 148 Å². The molecular weight excluding hydrogens is 360 g/mol. The third-order valence-corrected chi connectivity index (χ3v) is 4.90. The largest absolute Gasteiger partial charge is 0.324 e. The van der Waals surface area contributed by atoms with Crippen LogP contribution in [0.25, 0.3) is 11.4 Å². The van der Waals surface area contributed by atoms with Crippen molar-refractivity contribution in [1.82, 2.24) is 15.2 Å². The Balaban J connectivity index is 1.86. The molecule has 10 nitrogen and oxygen atoms in total. The summed E-state index contributed by atoms with van der Waals surface area (Å²) in [5.41, 5.74) is 5.88. The molecule has 0 radical (unpaired) electrons. The molecule has 3 aromatic rings. The van der Waals surface area contributed by atoms with Crippen molar-refractivity contribution in [2.24, 2.45) is 5.73 Å². The van der Waals surface area contributed by atoms with Crippen LogP contribution in [0.5, 0.6) is 0 Å². The molecule has 0 bridgehead atoms. The topological polar surface area (TPSA) is 157 Å². The van der Waals surface area contributed by atoms with Crippen molar-refractivity contribution in [2.45, 2.75) is 11.4 Å². The third-order valence-electron chi connectivity index (χ3n) is 3.47. The zero-order valence-electron chi connectivity index (χ0n) is 13.3. The van der Waals surface area contributed by atoms with Crippen LogP contribution in [-0.4, -0.2) is 28.5 Å². The number of H-pyrrole nitrogens is 1. The summed E-state index contributed by atoms with van der Waals surface area (Å²) in [7, 11) is -4.11. The number of para-hydroxylation sites is 1. The van der Waals surface area contributed by atoms with Gasteiger partial charge in [-0.05, 0) is 30.3 Å². The van der Waals surface area contributed by atoms with Gasteiger partial charge in [-0.15, -0.1) is 0 Å². The van der Waals surface area contributed by atoms with Gasteiger partial charge in [-0.2, -0.15) is 5.10 Å². The van der Waals surface area contributed by atoms with Crippen LogP contribution in [0, 0.1) is 10.1 Å². The smallest absolute Gasteiger partial charge is 0.289 e. The number of rotatable bonds is 6. The van der Waals surface area contributed by atoms with E-state index in [2.05, 4.69) is 19.9 Å². The minimum Gasteiger partial charge on any atom is -0.324 e. The number of nitro groups is 1. The molecule has 1 aromatic heterocycles. The maximum atomic E-state index is 12.5. The maximum Gasteiger partial charge on any atom is 0.289 e. The molecule has 2 aromatic carbocycles. The molecule has 4 N–H and O–H groups in total. The Bertz CT molecular complexity index is 1050. The highest BCUT2D eigenvalue weighted by Gasteiger charge is 2.25. The molecule has 0 unspecified atom stereocenters. The molecule has 26 heavy (non-hydrogen) atoms. The number of anilines is 1. The number of benzene rings is 2. The lowest BCUT2D eigenvalue weighted by Crippen LogP contribution is -2.14. The molecule has 0 aliphatic heterocycles. The van der Waals surface area contributed by atoms with Crippen molar-refractivity contribution >= 4 is 21.4 Å². The van der Waals surface area contributed by atoms with Crippen LogP contribution in [-0.2, 0) is 16.6 Å². The summed E-state index contributed by atoms with van der Waals surface area (Å²) in [5.74, 6) is 0.958. The number of aromatic nitrogens is 3. The standard InChI is InChI=1S/C15H14N6O4S/c16-9-14-17-15(19-18-14)10-5-7-11(8-6-10)20-26(24,25)13-4-2-1-3-12(13)21(22)23/h1-8,20H,9,16H2,(H,17,18,19). The van der Waals surface area contributed by atoms with Gasteiger partial charge in [-0.1, -0.05) is 12.1 Å². The second-order valence-electron chi connectivity index (χ2n) is 5.22. The Morgan fingerprint density at radius 1 is 1.15 bits per heavy atom. The number of nitrogens with one attached hydrogen (secondary N) is 2. The van der Waals surface area contributed by atoms with Crippen LogP contribution >= 0.6 is 0 Å². The van der Waals surface area contributed by atoms with E-state index in [1.165, 1.54) is 30.3 Å². The molecule has 1 heterocycles. The third kappa shape index (κ3) is 3.53. The lowest BCUT2D eigenvalue weighted by molar-refractivity contribution is -0.387. The first-order valence-electron chi connectivity index (χ1n) is 7.39. The molecule has 134 valence electrons. The summed E-state index contributed by atoms with van der Waals surface area (Å²) in [6.07, 6.45) is 0. The molecule has 3 rings (SSSR count). The summed E-state index contributed by atoms with van der Waals surface area (Å²) in [5, 5.41) is 17.7. The van der Waals surface area contributed by atoms with E-state index in [-0.39, 0.29) is 12.2 Å². The Morgan fingerprint density at radius 3 is 2.46 bits per heavy atom. The number of sulfonamides is 1. The molecular formula is C15H14N6O4S. The van der Waals surface area contributed by atoms with E-state index in [1.54, 1.807) is 12.1 Å². The predicted molar refractivity (Wildman–Crippen MR) is 93.6 cm³/mol. The molecule has 0 fully saturated rings. The van der Waals surface area contributed by atoms with Gasteiger partial charge in [0, 0.05) is 17.3 Å². The van der Waals surface area contributed by atoms with E-state index in [1.807, 2.05) is 0 Å². The summed E-state index contributed by atoms with van der Waals surface area (Å²) < 4.78 is 27.3. The van der Waals surface area contributed by atoms with Gasteiger partial charge in [-0.25, -0.2) is 13.4 Å². The minimum absolute atomic E-state index is 0.223. The molecule has 0 saturated heterocycles. The lowest BCUT2D eigenvalue weighted by atomic mass is 10.2. The van der Waals surface area contributed by atoms with Crippen LogP contribution in [0.3, 0.4) is 0 Å². The molecule has 0 saturated carbocycles. The average molecular weight is 374 g/mol. The van der Waals surface area contributed by atoms with Gasteiger partial charge in [0.2, 0.25) is 0 Å². The van der Waals surface area contributed by atoms with Gasteiger partial charge < -0.3 is 5.73 Å². The van der Waals surface area contributed by atoms with E-state index >= 15 is 0 Å². The highest BCUT2D eigenvalue weighted by molar-refractivity contribution is 7.92. The van der Waals surface area contributed by atoms with E-state index in [4.69, 9.17) is 5.73 Å². The van der Waals surface area contributed by atoms with Crippen molar-refractivity contribution < 1.29 is 13.3 Å². The van der Waals surface area contributed by atoms with Crippen molar-refractivity contribution in [1.29, 1.82) is 0 Å². The fourth-order valence-electron chi connectivity index (χ4n) is 2.25. The molecule has 0 aliphatic rings. The lowest BCUT2D eigenvalue weighted by Gasteiger charge is -2.08. The first kappa shape index (κ1) is 17.5. The molecule has 11 heteroatoms. The predicted octanol–water partition coefficient (Wildman–Crippen LogP) is 1.64. The fourth-order valence-corrected chi connectivity index (χ4v) is 3.48. The number of aromatic amines is 1. The second kappa shape index (κ2) is 6.90. The zero-order valence-corrected chi connectivity index (χ0v) is 14.1. The van der Waals surface area contributed by atoms with E-state index in [0.29, 0.717) is 17.2 Å². The number of nitrogens with zero attached hydrogens (tertiary/aromatic N) is 3. The summed E-state index contributed by atoms with van der Waals surface area (Å²) in [4.78, 5) is 14.1. The summed E-state index contributed by atoms with van der Waals surface area (Å²) >= 11 is 0. The van der Waals surface area contributed by atoms with Gasteiger partial charge in [0.05, 0.1) is 11.5 Å². The maximum absolute atomic E-state index is 12.5. The van der Waals surface area contributed by atoms with E-state index in [9.17, 15) is 18.5 Å². The van der Waals surface area contributed by atoms with Crippen molar-refractivity contribution in [2.75, 3.05) is 4.72 Å². The first-order valence-corrected chi connectivity index (χ1v) is 8.87. The monoisotopic (exact) mass is 374 g/mol. The van der Waals surface area contributed by atoms with Crippen molar-refractivity contribution in [3.63, 3.8) is 0 Å². The SMILES string of the molecule is NCc1nc(-c2ccc(NS(=O)(=O)c3ccccc3[N+](=O)[O-])cc2)n[nH]1. The Morgan fingerprint density at radius 2 is 1.85 bits per heavy atom. The molecule has 0 atom stereocenters. The fraction of sp³-hybridized carbons (Fsp3) is 0.0667. The van der Waals surface area contributed by atoms with Crippen LogP contribution in [0.1, 0.15) is 5.82 Å². The minimum atomic E-state index is -4.11. The Hall–Kier alpha value is -3.31. The van der Waals surface area contributed by atoms with E-state index in [0.717, 1.165) is 6.07 Å². The zero-order chi connectivity index (χ0) is 18.7. The van der Waals surface area contributed by atoms with Gasteiger partial charge in [0.1, 0.15) is 5.82 Å². The summed E-state index contributed by atoms with van der Waals surface area (Å²) in [6, 6.07) is 11.4. The van der Waals surface area contributed by atoms with Crippen molar-refractivity contribution in [3.8, 4) is 11.4 Å². The van der Waals surface area contributed by atoms with Gasteiger partial charge in [0.25, 0.3) is 15.7 Å². The number of hydrogen-bond acceptors (Lipinski definition) is 7. The first-order chi connectivity index (χ1) is 12.4. The number of nitrogens with two attached hydrogens (primary N) is 1. The summed E-state index contributed by atoms with van der Waals surface area (Å²) in [6.45, 7) is 0.223. The number of nitro benzene ring substituents is 1. The molecule has 0 aliphatic carbocycles. The van der Waals surface area contributed by atoms with Gasteiger partial charge in [-0.3, -0.25) is 19.9 Å². The van der Waals surface area contributed by atoms with Crippen LogP contribution in [0.2, 0.25) is 0 Å². The highest BCUT2D eigenvalue weighted by Crippen LogP contribution is 2.26. The van der Waals surface area contributed by atoms with Crippen LogP contribution < -0.4 is 10.5 Å². The average Bonchev–Trinajstić information content (AvgIpc) is 3.11. The quantitative estimate of drug-likeness (QED) is 0.437. The van der Waals surface area contributed by atoms with Gasteiger partial charge >= 0.3 is 0 Å². The Kier molecular flexibility index (Phi) is 4.65. The highest BCUT2D eigenvalue weighted by atomic mass is 32.2. The second-order valence-corrected chi connectivity index (χ2v) is 6.87. The normalized spacial score (nSPS) is 11.3. The van der Waals surface area contributed by atoms with Crippen molar-refractivity contribution in [3.05, 3.63) is 64.5 Å². The van der Waals surface area contributed by atoms with E-state index < -0.39 is 25.5 Å². The van der Waals surface area contributed by atoms with Gasteiger partial charge in [0.15, 0.2) is 10.7 Å². The molecule has 0 spiro atoms. The van der Waals surface area contributed by atoms with Crippen LogP contribution in [0.15, 0.2) is 53.4 Å².